The highest BCUT2D eigenvalue weighted by Gasteiger charge is 2.26. The topological polar surface area (TPSA) is 95.8 Å². The summed E-state index contributed by atoms with van der Waals surface area (Å²) in [4.78, 5) is 38.4. The van der Waals surface area contributed by atoms with E-state index in [1.807, 2.05) is 4.90 Å². The Morgan fingerprint density at radius 2 is 1.83 bits per heavy atom. The summed E-state index contributed by atoms with van der Waals surface area (Å²) in [6, 6.07) is 8.33. The summed E-state index contributed by atoms with van der Waals surface area (Å²) in [7, 11) is 0. The molecule has 0 aliphatic carbocycles. The third kappa shape index (κ3) is 4.70. The number of rotatable bonds is 4. The highest BCUT2D eigenvalue weighted by atomic mass is 79.9. The van der Waals surface area contributed by atoms with Crippen molar-refractivity contribution in [2.75, 3.05) is 36.4 Å². The molecule has 0 unspecified atom stereocenters. The first kappa shape index (κ1) is 20.7. The summed E-state index contributed by atoms with van der Waals surface area (Å²) < 4.78 is 14.5. The van der Waals surface area contributed by atoms with Crippen molar-refractivity contribution in [3.63, 3.8) is 0 Å². The molecule has 1 N–H and O–H groups in total. The number of carbonyl (C=O) groups excluding carboxylic acids is 2. The summed E-state index contributed by atoms with van der Waals surface area (Å²) in [5, 5.41) is 14.0. The van der Waals surface area contributed by atoms with Gasteiger partial charge in [-0.3, -0.25) is 19.7 Å². The number of halogens is 2. The molecule has 0 atom stereocenters. The zero-order valence-electron chi connectivity index (χ0n) is 15.5. The van der Waals surface area contributed by atoms with E-state index in [9.17, 15) is 24.1 Å². The normalized spacial score (nSPS) is 13.9. The second-order valence-corrected chi connectivity index (χ2v) is 7.45. The Morgan fingerprint density at radius 1 is 1.14 bits per heavy atom. The molecule has 10 heteroatoms. The minimum Gasteiger partial charge on any atom is -0.362 e. The van der Waals surface area contributed by atoms with Gasteiger partial charge in [0.15, 0.2) is 0 Å². The first-order valence-corrected chi connectivity index (χ1v) is 9.61. The summed E-state index contributed by atoms with van der Waals surface area (Å²) in [6.45, 7) is 3.33. The van der Waals surface area contributed by atoms with Crippen molar-refractivity contribution in [3.05, 3.63) is 62.4 Å². The van der Waals surface area contributed by atoms with Gasteiger partial charge in [0.05, 0.1) is 10.6 Å². The molecule has 1 aliphatic rings. The zero-order valence-corrected chi connectivity index (χ0v) is 17.1. The van der Waals surface area contributed by atoms with Crippen molar-refractivity contribution < 1.29 is 18.9 Å². The summed E-state index contributed by atoms with van der Waals surface area (Å²) >= 11 is 3.14. The molecule has 0 saturated carbocycles. The van der Waals surface area contributed by atoms with Gasteiger partial charge in [0.25, 0.3) is 11.6 Å². The van der Waals surface area contributed by atoms with Crippen LogP contribution in [0.25, 0.3) is 0 Å². The highest BCUT2D eigenvalue weighted by molar-refractivity contribution is 9.10. The molecule has 1 saturated heterocycles. The molecule has 2 aromatic carbocycles. The van der Waals surface area contributed by atoms with Crippen LogP contribution < -0.4 is 10.2 Å². The molecule has 0 aromatic heterocycles. The van der Waals surface area contributed by atoms with Crippen LogP contribution in [0.2, 0.25) is 0 Å². The molecule has 8 nitrogen and oxygen atoms in total. The van der Waals surface area contributed by atoms with Crippen LogP contribution in [0.15, 0.2) is 40.9 Å². The van der Waals surface area contributed by atoms with Crippen LogP contribution in [0.5, 0.6) is 0 Å². The van der Waals surface area contributed by atoms with Crippen molar-refractivity contribution in [2.45, 2.75) is 6.92 Å². The van der Waals surface area contributed by atoms with E-state index in [0.717, 1.165) is 0 Å². The van der Waals surface area contributed by atoms with E-state index < -0.39 is 16.6 Å². The van der Waals surface area contributed by atoms with Crippen LogP contribution in [0, 0.1) is 15.9 Å². The third-order valence-electron chi connectivity index (χ3n) is 4.68. The van der Waals surface area contributed by atoms with Gasteiger partial charge in [-0.05, 0) is 30.3 Å². The number of hydrogen-bond donors (Lipinski definition) is 1. The van der Waals surface area contributed by atoms with E-state index in [4.69, 9.17) is 0 Å². The quantitative estimate of drug-likeness (QED) is 0.552. The number of anilines is 2. The lowest BCUT2D eigenvalue weighted by Gasteiger charge is -2.35. The molecule has 29 heavy (non-hydrogen) atoms. The Morgan fingerprint density at radius 3 is 2.41 bits per heavy atom. The number of nitrogens with zero attached hydrogens (tertiary/aromatic N) is 3. The fourth-order valence-electron chi connectivity index (χ4n) is 3.13. The molecule has 0 spiro atoms. The Labute approximate surface area is 174 Å². The minimum atomic E-state index is -0.651. The second-order valence-electron chi connectivity index (χ2n) is 6.53. The van der Waals surface area contributed by atoms with Gasteiger partial charge in [0.1, 0.15) is 11.5 Å². The van der Waals surface area contributed by atoms with Gasteiger partial charge in [-0.15, -0.1) is 0 Å². The van der Waals surface area contributed by atoms with Crippen LogP contribution in [-0.4, -0.2) is 47.8 Å². The number of nitro benzene ring substituents is 1. The molecule has 1 fully saturated rings. The van der Waals surface area contributed by atoms with Crippen molar-refractivity contribution in [3.8, 4) is 0 Å². The van der Waals surface area contributed by atoms with Crippen molar-refractivity contribution in [2.24, 2.45) is 0 Å². The number of nitrogens with one attached hydrogen (secondary N) is 1. The van der Waals surface area contributed by atoms with Gasteiger partial charge >= 0.3 is 0 Å². The molecule has 3 rings (SSSR count). The first-order chi connectivity index (χ1) is 13.8. The van der Waals surface area contributed by atoms with Crippen LogP contribution in [0.4, 0.5) is 21.5 Å². The Bertz CT molecular complexity index is 977. The maximum Gasteiger partial charge on any atom is 0.293 e. The average Bonchev–Trinajstić information content (AvgIpc) is 2.69. The molecular formula is C19H18BrFN4O4. The maximum absolute atomic E-state index is 13.9. The molecule has 2 aromatic rings. The van der Waals surface area contributed by atoms with Gasteiger partial charge in [-0.1, -0.05) is 15.9 Å². The smallest absolute Gasteiger partial charge is 0.293 e. The predicted molar refractivity (Wildman–Crippen MR) is 110 cm³/mol. The van der Waals surface area contributed by atoms with Crippen molar-refractivity contribution in [1.82, 2.24) is 4.90 Å². The predicted octanol–water partition coefficient (Wildman–Crippen LogP) is 3.42. The lowest BCUT2D eigenvalue weighted by Crippen LogP contribution is -2.48. The molecular weight excluding hydrogens is 447 g/mol. The van der Waals surface area contributed by atoms with E-state index in [1.54, 1.807) is 11.0 Å². The van der Waals surface area contributed by atoms with Gasteiger partial charge in [-0.2, -0.15) is 0 Å². The second kappa shape index (κ2) is 8.56. The van der Waals surface area contributed by atoms with Gasteiger partial charge in [-0.25, -0.2) is 4.39 Å². The monoisotopic (exact) mass is 464 g/mol. The van der Waals surface area contributed by atoms with Crippen molar-refractivity contribution in [1.29, 1.82) is 0 Å². The number of piperazine rings is 1. The van der Waals surface area contributed by atoms with Gasteiger partial charge in [0, 0.05) is 49.2 Å². The minimum absolute atomic E-state index is 0.0229. The molecule has 1 heterocycles. The van der Waals surface area contributed by atoms with Crippen LogP contribution >= 0.6 is 15.9 Å². The van der Waals surface area contributed by atoms with Crippen LogP contribution in [0.3, 0.4) is 0 Å². The number of hydrogen-bond acceptors (Lipinski definition) is 5. The Hall–Kier alpha value is -3.01. The number of nitro groups is 1. The standard InChI is InChI=1S/C19H18BrFN4O4/c1-12(26)23-6-8-24(9-7-23)17-5-2-13(10-18(17)25(28)29)19(27)22-16-4-3-14(20)11-15(16)21/h2-5,10-11H,6-9H2,1H3,(H,22,27). The largest absolute Gasteiger partial charge is 0.362 e. The summed E-state index contributed by atoms with van der Waals surface area (Å²) in [5.74, 6) is -1.31. The Balaban J connectivity index is 1.81. The van der Waals surface area contributed by atoms with E-state index in [-0.39, 0.29) is 22.8 Å². The average molecular weight is 465 g/mol. The summed E-state index contributed by atoms with van der Waals surface area (Å²) in [5.41, 5.74) is 0.185. The third-order valence-corrected chi connectivity index (χ3v) is 5.17. The summed E-state index contributed by atoms with van der Waals surface area (Å²) in [6.07, 6.45) is 0. The van der Waals surface area contributed by atoms with Gasteiger partial charge < -0.3 is 15.1 Å². The van der Waals surface area contributed by atoms with Gasteiger partial charge in [0.2, 0.25) is 5.91 Å². The highest BCUT2D eigenvalue weighted by Crippen LogP contribution is 2.30. The number of carbonyl (C=O) groups is 2. The van der Waals surface area contributed by atoms with Crippen LogP contribution in [0.1, 0.15) is 17.3 Å². The molecule has 1 aliphatic heterocycles. The fraction of sp³-hybridized carbons (Fsp3) is 0.263. The molecule has 2 amide bonds. The maximum atomic E-state index is 13.9. The van der Waals surface area contributed by atoms with Crippen LogP contribution in [-0.2, 0) is 4.79 Å². The first-order valence-electron chi connectivity index (χ1n) is 8.81. The number of benzene rings is 2. The molecule has 0 bridgehead atoms. The Kier molecular flexibility index (Phi) is 6.12. The van der Waals surface area contributed by atoms with E-state index in [1.165, 1.54) is 37.3 Å². The lowest BCUT2D eigenvalue weighted by atomic mass is 10.1. The lowest BCUT2D eigenvalue weighted by molar-refractivity contribution is -0.384. The zero-order chi connectivity index (χ0) is 21.1. The SMILES string of the molecule is CC(=O)N1CCN(c2ccc(C(=O)Nc3ccc(Br)cc3F)cc2[N+](=O)[O-])CC1. The fourth-order valence-corrected chi connectivity index (χ4v) is 3.46. The molecule has 0 radical (unpaired) electrons. The van der Waals surface area contributed by atoms with Crippen molar-refractivity contribution >= 4 is 44.8 Å². The van der Waals surface area contributed by atoms with E-state index in [0.29, 0.717) is 36.3 Å². The van der Waals surface area contributed by atoms with E-state index >= 15 is 0 Å². The number of amides is 2. The van der Waals surface area contributed by atoms with E-state index in [2.05, 4.69) is 21.2 Å². The molecule has 152 valence electrons.